The number of carbonyl (C=O) groups excluding carboxylic acids is 1. The van der Waals surface area contributed by atoms with Crippen LogP contribution >= 0.6 is 23.1 Å². The van der Waals surface area contributed by atoms with Gasteiger partial charge >= 0.3 is 0 Å². The van der Waals surface area contributed by atoms with E-state index in [4.69, 9.17) is 9.72 Å². The molecule has 5 nitrogen and oxygen atoms in total. The first-order chi connectivity index (χ1) is 16.6. The minimum Gasteiger partial charge on any atom is -0.378 e. The summed E-state index contributed by atoms with van der Waals surface area (Å²) in [5, 5.41) is 6.59. The molecule has 5 rings (SSSR count). The van der Waals surface area contributed by atoms with Crippen LogP contribution < -0.4 is 5.32 Å². The molecule has 2 heterocycles. The van der Waals surface area contributed by atoms with Crippen LogP contribution in [0.1, 0.15) is 35.0 Å². The molecule has 34 heavy (non-hydrogen) atoms. The lowest BCUT2D eigenvalue weighted by molar-refractivity contribution is -0.121. The van der Waals surface area contributed by atoms with E-state index in [1.54, 1.807) is 30.2 Å². The molecule has 2 atom stereocenters. The number of aromatic nitrogens is 1. The number of carbonyl (C=O) groups is 1. The molecule has 1 N–H and O–H groups in total. The molecule has 7 heteroatoms. The molecule has 178 valence electrons. The van der Waals surface area contributed by atoms with Crippen molar-refractivity contribution >= 4 is 29.0 Å². The first kappa shape index (κ1) is 23.5. The first-order valence-electron chi connectivity index (χ1n) is 11.8. The summed E-state index contributed by atoms with van der Waals surface area (Å²) in [7, 11) is 1.79. The van der Waals surface area contributed by atoms with E-state index in [9.17, 15) is 4.79 Å². The lowest BCUT2D eigenvalue weighted by Crippen LogP contribution is -2.50. The fourth-order valence-electron chi connectivity index (χ4n) is 5.70. The highest BCUT2D eigenvalue weighted by Gasteiger charge is 2.53. The number of methoxy groups -OCH3 is 1. The number of piperidine rings is 1. The smallest absolute Gasteiger partial charge is 0.230 e. The molecule has 0 bridgehead atoms. The van der Waals surface area contributed by atoms with Gasteiger partial charge in [0.25, 0.3) is 0 Å². The van der Waals surface area contributed by atoms with Gasteiger partial charge in [-0.3, -0.25) is 9.69 Å². The maximum absolute atomic E-state index is 12.5. The number of hydrogen-bond acceptors (Lipinski definition) is 6. The molecule has 2 aromatic carbocycles. The second-order valence-electron chi connectivity index (χ2n) is 9.15. The number of thiazole rings is 1. The number of hydrogen-bond donors (Lipinski definition) is 1. The minimum absolute atomic E-state index is 0.0533. The number of amides is 1. The van der Waals surface area contributed by atoms with Crippen LogP contribution in [-0.2, 0) is 21.5 Å². The summed E-state index contributed by atoms with van der Waals surface area (Å²) in [6.07, 6.45) is 3.92. The van der Waals surface area contributed by atoms with E-state index < -0.39 is 0 Å². The zero-order valence-electron chi connectivity index (χ0n) is 19.7. The topological polar surface area (TPSA) is 54.5 Å². The monoisotopic (exact) mass is 493 g/mol. The molecule has 1 aliphatic carbocycles. The van der Waals surface area contributed by atoms with Crippen LogP contribution in [0.5, 0.6) is 0 Å². The van der Waals surface area contributed by atoms with Gasteiger partial charge in [0.1, 0.15) is 5.01 Å². The normalized spacial score (nSPS) is 21.5. The Bertz CT molecular complexity index is 1130. The van der Waals surface area contributed by atoms with Crippen molar-refractivity contribution in [2.24, 2.45) is 0 Å². The zero-order chi connectivity index (χ0) is 23.5. The van der Waals surface area contributed by atoms with Gasteiger partial charge in [-0.2, -0.15) is 11.8 Å². The number of benzene rings is 2. The average Bonchev–Trinajstić information content (AvgIpc) is 3.43. The van der Waals surface area contributed by atoms with Crippen molar-refractivity contribution in [1.82, 2.24) is 15.2 Å². The maximum Gasteiger partial charge on any atom is 0.230 e. The summed E-state index contributed by atoms with van der Waals surface area (Å²) in [4.78, 5) is 19.9. The summed E-state index contributed by atoms with van der Waals surface area (Å²) < 4.78 is 6.13. The van der Waals surface area contributed by atoms with E-state index in [0.29, 0.717) is 5.75 Å². The lowest BCUT2D eigenvalue weighted by atomic mass is 9.72. The minimum atomic E-state index is -0.0974. The Morgan fingerprint density at radius 1 is 1.18 bits per heavy atom. The Balaban J connectivity index is 1.31. The number of nitrogens with one attached hydrogen (secondary N) is 1. The van der Waals surface area contributed by atoms with Crippen molar-refractivity contribution in [3.05, 3.63) is 76.1 Å². The first-order valence-corrected chi connectivity index (χ1v) is 14.0. The number of ether oxygens (including phenoxy) is 1. The zero-order valence-corrected chi connectivity index (χ0v) is 21.3. The third-order valence-electron chi connectivity index (χ3n) is 7.25. The number of likely N-dealkylation sites (tertiary alicyclic amines) is 1. The predicted octanol–water partition coefficient (Wildman–Crippen LogP) is 4.89. The molecule has 1 amide bonds. The fourth-order valence-corrected chi connectivity index (χ4v) is 6.89. The van der Waals surface area contributed by atoms with E-state index in [0.717, 1.165) is 43.2 Å². The van der Waals surface area contributed by atoms with Crippen molar-refractivity contribution in [2.45, 2.75) is 36.9 Å². The summed E-state index contributed by atoms with van der Waals surface area (Å²) >= 11 is 3.29. The molecular formula is C27H31N3O2S2. The second-order valence-corrected chi connectivity index (χ2v) is 11.0. The van der Waals surface area contributed by atoms with E-state index in [2.05, 4.69) is 64.1 Å². The Morgan fingerprint density at radius 3 is 2.65 bits per heavy atom. The van der Waals surface area contributed by atoms with E-state index >= 15 is 0 Å². The van der Waals surface area contributed by atoms with Crippen LogP contribution in [0, 0.1) is 0 Å². The quantitative estimate of drug-likeness (QED) is 0.508. The molecule has 0 unspecified atom stereocenters. The lowest BCUT2D eigenvalue weighted by Gasteiger charge is -2.44. The third kappa shape index (κ3) is 4.42. The molecular weight excluding hydrogens is 462 g/mol. The largest absolute Gasteiger partial charge is 0.378 e. The van der Waals surface area contributed by atoms with Crippen LogP contribution in [0.2, 0.25) is 0 Å². The summed E-state index contributed by atoms with van der Waals surface area (Å²) in [6, 6.07) is 18.9. The standard InChI is InChI=1S/C27H31N3O2S2/c1-32-26-25(29-23(31)18-33-2)20-10-6-7-11-21(20)27(26)12-14-30(15-13-27)16-24-28-22(17-34-24)19-8-4-3-5-9-19/h3-11,17,25-26H,12-16,18H2,1-2H3,(H,29,31)/t25-,26+/m0/s1. The number of nitrogens with zero attached hydrogens (tertiary/aromatic N) is 2. The van der Waals surface area contributed by atoms with Gasteiger partial charge in [-0.1, -0.05) is 54.6 Å². The van der Waals surface area contributed by atoms with Crippen molar-refractivity contribution in [3.63, 3.8) is 0 Å². The predicted molar refractivity (Wildman–Crippen MR) is 140 cm³/mol. The van der Waals surface area contributed by atoms with Gasteiger partial charge in [0.05, 0.1) is 30.1 Å². The Labute approximate surface area is 209 Å². The van der Waals surface area contributed by atoms with Gasteiger partial charge in [-0.15, -0.1) is 11.3 Å². The fraction of sp³-hybridized carbons (Fsp3) is 0.407. The van der Waals surface area contributed by atoms with Crippen LogP contribution in [-0.4, -0.2) is 54.1 Å². The third-order valence-corrected chi connectivity index (χ3v) is 8.64. The highest BCUT2D eigenvalue weighted by molar-refractivity contribution is 7.99. The Kier molecular flexibility index (Phi) is 7.06. The molecule has 1 fully saturated rings. The maximum atomic E-state index is 12.5. The highest BCUT2D eigenvalue weighted by Crippen LogP contribution is 2.52. The molecule has 2 aliphatic rings. The van der Waals surface area contributed by atoms with Gasteiger partial charge in [-0.05, 0) is 43.3 Å². The van der Waals surface area contributed by atoms with Gasteiger partial charge in [-0.25, -0.2) is 4.98 Å². The van der Waals surface area contributed by atoms with Gasteiger partial charge in [0.2, 0.25) is 5.91 Å². The molecule has 0 saturated carbocycles. The van der Waals surface area contributed by atoms with Crippen molar-refractivity contribution in [1.29, 1.82) is 0 Å². The average molecular weight is 494 g/mol. The van der Waals surface area contributed by atoms with Gasteiger partial charge in [0, 0.05) is 23.5 Å². The van der Waals surface area contributed by atoms with Crippen molar-refractivity contribution < 1.29 is 9.53 Å². The molecule has 1 spiro atoms. The van der Waals surface area contributed by atoms with Gasteiger partial charge < -0.3 is 10.1 Å². The van der Waals surface area contributed by atoms with Crippen LogP contribution in [0.4, 0.5) is 0 Å². The van der Waals surface area contributed by atoms with E-state index in [-0.39, 0.29) is 23.5 Å². The van der Waals surface area contributed by atoms with Crippen molar-refractivity contribution in [3.8, 4) is 11.3 Å². The van der Waals surface area contributed by atoms with E-state index in [1.807, 2.05) is 12.3 Å². The highest BCUT2D eigenvalue weighted by atomic mass is 32.2. The van der Waals surface area contributed by atoms with Crippen molar-refractivity contribution in [2.75, 3.05) is 32.2 Å². The molecule has 0 radical (unpaired) electrons. The summed E-state index contributed by atoms with van der Waals surface area (Å²) in [6.45, 7) is 2.85. The van der Waals surface area contributed by atoms with Crippen LogP contribution in [0.15, 0.2) is 60.0 Å². The Hall–Kier alpha value is -2.19. The molecule has 3 aromatic rings. The number of fused-ring (bicyclic) bond motifs is 2. The van der Waals surface area contributed by atoms with Gasteiger partial charge in [0.15, 0.2) is 0 Å². The second kappa shape index (κ2) is 10.2. The summed E-state index contributed by atoms with van der Waals surface area (Å²) in [5.41, 5.74) is 4.71. The van der Waals surface area contributed by atoms with Crippen LogP contribution in [0.3, 0.4) is 0 Å². The van der Waals surface area contributed by atoms with E-state index in [1.165, 1.54) is 16.7 Å². The number of rotatable bonds is 7. The molecule has 1 aromatic heterocycles. The molecule has 1 saturated heterocycles. The SMILES string of the molecule is CO[C@@H]1[C@@H](NC(=O)CSC)c2ccccc2C12CCN(Cc1nc(-c3ccccc3)cs1)CC2. The van der Waals surface area contributed by atoms with Crippen LogP contribution in [0.25, 0.3) is 11.3 Å². The number of thioether (sulfide) groups is 1. The Morgan fingerprint density at radius 2 is 1.91 bits per heavy atom. The summed E-state index contributed by atoms with van der Waals surface area (Å²) in [5.74, 6) is 0.538. The molecule has 1 aliphatic heterocycles.